The molecular formula is C35H47N. The Morgan fingerprint density at radius 1 is 0.417 bits per heavy atom. The van der Waals surface area contributed by atoms with Gasteiger partial charge >= 0.3 is 0 Å². The van der Waals surface area contributed by atoms with Crippen LogP contribution >= 0.6 is 0 Å². The van der Waals surface area contributed by atoms with Crippen LogP contribution in [0.3, 0.4) is 0 Å². The smallest absolute Gasteiger partial charge is 0.0458 e. The fourth-order valence-corrected chi connectivity index (χ4v) is 7.59. The van der Waals surface area contributed by atoms with Crippen LogP contribution in [0.25, 0.3) is 0 Å². The molecule has 1 atom stereocenters. The predicted octanol–water partition coefficient (Wildman–Crippen LogP) is 9.00. The zero-order chi connectivity index (χ0) is 27.2. The van der Waals surface area contributed by atoms with E-state index in [1.165, 1.54) is 100 Å². The molecule has 0 aromatic heterocycles. The van der Waals surface area contributed by atoms with Gasteiger partial charge in [0.15, 0.2) is 0 Å². The lowest BCUT2D eigenvalue weighted by atomic mass is 9.62. The van der Waals surface area contributed by atoms with Crippen LogP contribution in [-0.4, -0.2) is 7.05 Å². The van der Waals surface area contributed by atoms with Gasteiger partial charge in [0.2, 0.25) is 0 Å². The summed E-state index contributed by atoms with van der Waals surface area (Å²) in [5, 5.41) is 0. The Morgan fingerprint density at radius 3 is 1.22 bits per heavy atom. The second-order valence-corrected chi connectivity index (χ2v) is 12.1. The highest BCUT2D eigenvalue weighted by Crippen LogP contribution is 2.55. The first-order valence-electron chi connectivity index (χ1n) is 13.6. The van der Waals surface area contributed by atoms with Crippen molar-refractivity contribution in [2.75, 3.05) is 11.9 Å². The summed E-state index contributed by atoms with van der Waals surface area (Å²) >= 11 is 0. The maximum atomic E-state index is 2.55. The molecule has 0 aliphatic carbocycles. The topological polar surface area (TPSA) is 3.24 Å². The van der Waals surface area contributed by atoms with E-state index in [1.54, 1.807) is 0 Å². The molecule has 1 heterocycles. The molecule has 0 spiro atoms. The predicted molar refractivity (Wildman–Crippen MR) is 159 cm³/mol. The molecule has 1 aliphatic rings. The third-order valence-corrected chi connectivity index (χ3v) is 10.7. The van der Waals surface area contributed by atoms with Gasteiger partial charge in [-0.1, -0.05) is 0 Å². The number of anilines is 1. The van der Waals surface area contributed by atoms with E-state index in [4.69, 9.17) is 0 Å². The quantitative estimate of drug-likeness (QED) is 0.335. The van der Waals surface area contributed by atoms with Crippen LogP contribution in [0.4, 0.5) is 5.69 Å². The van der Waals surface area contributed by atoms with Gasteiger partial charge in [-0.05, 0) is 192 Å². The fraction of sp³-hybridized carbons (Fsp3) is 0.486. The van der Waals surface area contributed by atoms with Crippen LogP contribution in [0.5, 0.6) is 0 Å². The van der Waals surface area contributed by atoms with Gasteiger partial charge in [0.25, 0.3) is 0 Å². The van der Waals surface area contributed by atoms with Crippen LogP contribution in [0, 0.1) is 90.0 Å². The largest absolute Gasteiger partial charge is 0.370 e. The average molecular weight is 482 g/mol. The maximum Gasteiger partial charge on any atom is 0.0458 e. The van der Waals surface area contributed by atoms with Crippen molar-refractivity contribution in [1.29, 1.82) is 0 Å². The minimum absolute atomic E-state index is 0.257. The maximum absolute atomic E-state index is 2.55. The van der Waals surface area contributed by atoms with Crippen LogP contribution < -0.4 is 4.90 Å². The van der Waals surface area contributed by atoms with Crippen molar-refractivity contribution >= 4 is 5.69 Å². The Kier molecular flexibility index (Phi) is 6.27. The zero-order valence-electron chi connectivity index (χ0n) is 25.7. The van der Waals surface area contributed by atoms with Gasteiger partial charge in [-0.25, -0.2) is 0 Å². The molecule has 3 aromatic rings. The third kappa shape index (κ3) is 3.20. The summed E-state index contributed by atoms with van der Waals surface area (Å²) in [6.07, 6.45) is 0. The molecule has 1 nitrogen and oxygen atoms in total. The zero-order valence-corrected chi connectivity index (χ0v) is 25.7. The molecule has 0 radical (unpaired) electrons. The van der Waals surface area contributed by atoms with E-state index in [9.17, 15) is 0 Å². The lowest BCUT2D eigenvalue weighted by Gasteiger charge is -2.41. The molecule has 0 fully saturated rings. The Balaban J connectivity index is 2.42. The van der Waals surface area contributed by atoms with Crippen molar-refractivity contribution in [3.63, 3.8) is 0 Å². The van der Waals surface area contributed by atoms with Crippen molar-refractivity contribution in [3.05, 3.63) is 94.6 Å². The fourth-order valence-electron chi connectivity index (χ4n) is 7.59. The Bertz CT molecular complexity index is 1420. The summed E-state index contributed by atoms with van der Waals surface area (Å²) in [7, 11) is 2.31. The van der Waals surface area contributed by atoms with Crippen LogP contribution in [-0.2, 0) is 12.0 Å². The highest BCUT2D eigenvalue weighted by Gasteiger charge is 2.44. The van der Waals surface area contributed by atoms with E-state index in [1.807, 2.05) is 0 Å². The van der Waals surface area contributed by atoms with E-state index >= 15 is 0 Å². The number of benzene rings is 3. The number of hydrogen-bond acceptors (Lipinski definition) is 1. The molecular weight excluding hydrogens is 434 g/mol. The normalized spacial score (nSPS) is 17.2. The summed E-state index contributed by atoms with van der Waals surface area (Å²) in [6.45, 7) is 33.9. The van der Waals surface area contributed by atoms with Gasteiger partial charge in [-0.3, -0.25) is 0 Å². The van der Waals surface area contributed by atoms with Gasteiger partial charge in [0.05, 0.1) is 0 Å². The van der Waals surface area contributed by atoms with Crippen LogP contribution in [0.2, 0.25) is 0 Å². The molecule has 0 amide bonds. The van der Waals surface area contributed by atoms with E-state index < -0.39 is 0 Å². The van der Waals surface area contributed by atoms with Gasteiger partial charge in [0, 0.05) is 24.7 Å². The average Bonchev–Trinajstić information content (AvgIpc) is 2.93. The number of nitrogens with zero attached hydrogens (tertiary/aromatic N) is 1. The third-order valence-electron chi connectivity index (χ3n) is 10.7. The van der Waals surface area contributed by atoms with Crippen molar-refractivity contribution in [3.8, 4) is 0 Å². The Hall–Kier alpha value is -2.54. The van der Waals surface area contributed by atoms with Crippen LogP contribution in [0.1, 0.15) is 102 Å². The highest BCUT2D eigenvalue weighted by atomic mass is 15.1. The summed E-state index contributed by atoms with van der Waals surface area (Å²) in [5.74, 6) is 0. The molecule has 0 saturated carbocycles. The van der Waals surface area contributed by atoms with E-state index in [-0.39, 0.29) is 5.41 Å². The molecule has 3 aromatic carbocycles. The molecule has 1 aliphatic heterocycles. The van der Waals surface area contributed by atoms with Crippen molar-refractivity contribution < 1.29 is 0 Å². The van der Waals surface area contributed by atoms with Crippen molar-refractivity contribution in [2.24, 2.45) is 0 Å². The van der Waals surface area contributed by atoms with E-state index in [2.05, 4.69) is 109 Å². The number of hydrogen-bond donors (Lipinski definition) is 0. The van der Waals surface area contributed by atoms with Gasteiger partial charge in [0.1, 0.15) is 0 Å². The number of fused-ring (bicyclic) bond motifs is 2. The molecule has 0 bridgehead atoms. The van der Waals surface area contributed by atoms with E-state index in [0.29, 0.717) is 0 Å². The lowest BCUT2D eigenvalue weighted by Crippen LogP contribution is -2.32. The summed E-state index contributed by atoms with van der Waals surface area (Å²) < 4.78 is 0. The second-order valence-electron chi connectivity index (χ2n) is 12.1. The number of rotatable bonds is 1. The first-order chi connectivity index (χ1) is 16.6. The summed E-state index contributed by atoms with van der Waals surface area (Å²) in [4.78, 5) is 2.55. The lowest BCUT2D eigenvalue weighted by molar-refractivity contribution is 0.663. The van der Waals surface area contributed by atoms with E-state index in [0.717, 1.165) is 6.54 Å². The van der Waals surface area contributed by atoms with Crippen LogP contribution in [0.15, 0.2) is 0 Å². The highest BCUT2D eigenvalue weighted by molar-refractivity contribution is 5.78. The second kappa shape index (κ2) is 8.51. The summed E-state index contributed by atoms with van der Waals surface area (Å²) in [6, 6.07) is 0. The molecule has 1 unspecified atom stereocenters. The molecule has 36 heavy (non-hydrogen) atoms. The monoisotopic (exact) mass is 481 g/mol. The van der Waals surface area contributed by atoms with Crippen molar-refractivity contribution in [1.82, 2.24) is 0 Å². The minimum atomic E-state index is -0.257. The van der Waals surface area contributed by atoms with Gasteiger partial charge in [-0.2, -0.15) is 0 Å². The first-order valence-corrected chi connectivity index (χ1v) is 13.6. The van der Waals surface area contributed by atoms with Gasteiger partial charge < -0.3 is 4.90 Å². The van der Waals surface area contributed by atoms with Crippen molar-refractivity contribution in [2.45, 2.75) is 109 Å². The standard InChI is InChI=1S/C35H47N/c1-17-19(3)25(9)31(26(10)20(17)4)35(14)32-27(11)21(5)18(2)24(8)30(32)16-36(15)34-29(13)23(7)22(6)28(12)33(34)35/h16H2,1-15H3. The molecule has 192 valence electrons. The minimum Gasteiger partial charge on any atom is -0.370 e. The Labute approximate surface area is 221 Å². The molecule has 0 N–H and O–H groups in total. The molecule has 1 heteroatoms. The Morgan fingerprint density at radius 2 is 0.750 bits per heavy atom. The summed E-state index contributed by atoms with van der Waals surface area (Å²) in [5.41, 5.74) is 26.0. The molecule has 0 saturated heterocycles. The van der Waals surface area contributed by atoms with Gasteiger partial charge in [-0.15, -0.1) is 0 Å². The molecule has 4 rings (SSSR count). The first kappa shape index (κ1) is 26.5. The SMILES string of the molecule is Cc1c(C)c(C)c(C2(C)c3c(C)c(C)c(C)c(C)c3CN(C)c3c(C)c(C)c(C)c(C)c32)c(C)c1C.